The zero-order valence-electron chi connectivity index (χ0n) is 18.0. The molecule has 1 fully saturated rings. The number of para-hydroxylation sites is 2. The lowest BCUT2D eigenvalue weighted by molar-refractivity contribution is 0.0740. The van der Waals surface area contributed by atoms with Gasteiger partial charge in [0.2, 0.25) is 0 Å². The number of ether oxygens (including phenoxy) is 2. The molecule has 4 rings (SSSR count). The molecular formula is C24H28N4O3. The minimum Gasteiger partial charge on any atom is -0.494 e. The molecule has 7 nitrogen and oxygen atoms in total. The van der Waals surface area contributed by atoms with Gasteiger partial charge in [-0.1, -0.05) is 12.1 Å². The molecule has 1 aliphatic rings. The van der Waals surface area contributed by atoms with Crippen LogP contribution in [0.3, 0.4) is 0 Å². The molecule has 0 bridgehead atoms. The highest BCUT2D eigenvalue weighted by Gasteiger charge is 2.25. The van der Waals surface area contributed by atoms with Gasteiger partial charge in [-0.3, -0.25) is 9.89 Å². The second-order valence-corrected chi connectivity index (χ2v) is 7.30. The Labute approximate surface area is 182 Å². The summed E-state index contributed by atoms with van der Waals surface area (Å²) in [5.41, 5.74) is 3.27. The molecule has 162 valence electrons. The van der Waals surface area contributed by atoms with E-state index >= 15 is 0 Å². The molecule has 0 atom stereocenters. The van der Waals surface area contributed by atoms with E-state index in [1.165, 1.54) is 0 Å². The van der Waals surface area contributed by atoms with Crippen molar-refractivity contribution in [1.29, 1.82) is 0 Å². The number of nitrogens with one attached hydrogen (secondary N) is 1. The van der Waals surface area contributed by atoms with Gasteiger partial charge >= 0.3 is 0 Å². The van der Waals surface area contributed by atoms with Crippen LogP contribution in [0.1, 0.15) is 24.3 Å². The molecule has 2 heterocycles. The lowest BCUT2D eigenvalue weighted by Crippen LogP contribution is -2.49. The summed E-state index contributed by atoms with van der Waals surface area (Å²) in [5, 5.41) is 7.24. The second-order valence-electron chi connectivity index (χ2n) is 7.30. The van der Waals surface area contributed by atoms with Gasteiger partial charge in [-0.05, 0) is 56.3 Å². The van der Waals surface area contributed by atoms with Gasteiger partial charge in [-0.25, -0.2) is 0 Å². The molecule has 0 aliphatic carbocycles. The number of nitrogens with zero attached hydrogens (tertiary/aromatic N) is 3. The zero-order chi connectivity index (χ0) is 21.6. The highest BCUT2D eigenvalue weighted by atomic mass is 16.5. The number of rotatable bonds is 7. The first-order valence-corrected chi connectivity index (χ1v) is 10.7. The highest BCUT2D eigenvalue weighted by Crippen LogP contribution is 2.29. The standard InChI is InChI=1S/C24H28N4O3/c1-3-30-19-11-9-18(10-12-19)20-17-21(26-25-20)24(29)28-15-13-27(14-16-28)22-7-5-6-8-23(22)31-4-2/h5-12,17H,3-4,13-16H2,1-2H3,(H,25,26). The van der Waals surface area contributed by atoms with Gasteiger partial charge in [-0.2, -0.15) is 5.10 Å². The van der Waals surface area contributed by atoms with Gasteiger partial charge in [0.15, 0.2) is 0 Å². The van der Waals surface area contributed by atoms with Gasteiger partial charge < -0.3 is 19.3 Å². The maximum atomic E-state index is 13.0. The lowest BCUT2D eigenvalue weighted by Gasteiger charge is -2.36. The molecule has 0 spiro atoms. The van der Waals surface area contributed by atoms with E-state index in [4.69, 9.17) is 9.47 Å². The Morgan fingerprint density at radius 2 is 1.68 bits per heavy atom. The summed E-state index contributed by atoms with van der Waals surface area (Å²) in [6.45, 7) is 8.02. The predicted molar refractivity (Wildman–Crippen MR) is 121 cm³/mol. The Hall–Kier alpha value is -3.48. The van der Waals surface area contributed by atoms with Gasteiger partial charge in [0.25, 0.3) is 5.91 Å². The van der Waals surface area contributed by atoms with Crippen molar-refractivity contribution >= 4 is 11.6 Å². The molecule has 0 radical (unpaired) electrons. The molecule has 0 unspecified atom stereocenters. The third-order valence-electron chi connectivity index (χ3n) is 5.34. The van der Waals surface area contributed by atoms with Gasteiger partial charge in [-0.15, -0.1) is 0 Å². The summed E-state index contributed by atoms with van der Waals surface area (Å²) in [6.07, 6.45) is 0. The monoisotopic (exact) mass is 420 g/mol. The van der Waals surface area contributed by atoms with Crippen LogP contribution in [-0.4, -0.2) is 60.4 Å². The Morgan fingerprint density at radius 3 is 2.39 bits per heavy atom. The molecule has 1 saturated heterocycles. The van der Waals surface area contributed by atoms with E-state index in [-0.39, 0.29) is 5.91 Å². The Morgan fingerprint density at radius 1 is 0.968 bits per heavy atom. The summed E-state index contributed by atoms with van der Waals surface area (Å²) in [6, 6.07) is 17.6. The second kappa shape index (κ2) is 9.55. The van der Waals surface area contributed by atoms with Crippen molar-refractivity contribution in [2.24, 2.45) is 0 Å². The van der Waals surface area contributed by atoms with E-state index in [9.17, 15) is 4.79 Å². The number of benzene rings is 2. The fourth-order valence-corrected chi connectivity index (χ4v) is 3.78. The van der Waals surface area contributed by atoms with Crippen LogP contribution < -0.4 is 14.4 Å². The van der Waals surface area contributed by atoms with Crippen molar-refractivity contribution in [3.05, 3.63) is 60.3 Å². The maximum absolute atomic E-state index is 13.0. The minimum absolute atomic E-state index is 0.0255. The van der Waals surface area contributed by atoms with Gasteiger partial charge in [0, 0.05) is 31.7 Å². The molecular weight excluding hydrogens is 392 g/mol. The molecule has 0 saturated carbocycles. The summed E-state index contributed by atoms with van der Waals surface area (Å²) in [4.78, 5) is 17.1. The lowest BCUT2D eigenvalue weighted by atomic mass is 10.1. The average molecular weight is 421 g/mol. The largest absolute Gasteiger partial charge is 0.494 e. The Kier molecular flexibility index (Phi) is 6.40. The Bertz CT molecular complexity index is 1010. The number of aromatic amines is 1. The van der Waals surface area contributed by atoms with Crippen LogP contribution in [0.15, 0.2) is 54.6 Å². The van der Waals surface area contributed by atoms with Crippen LogP contribution in [0.4, 0.5) is 5.69 Å². The number of hydrogen-bond acceptors (Lipinski definition) is 5. The number of piperazine rings is 1. The first kappa shape index (κ1) is 20.8. The van der Waals surface area contributed by atoms with Crippen molar-refractivity contribution in [3.8, 4) is 22.8 Å². The number of aromatic nitrogens is 2. The van der Waals surface area contributed by atoms with Crippen molar-refractivity contribution in [3.63, 3.8) is 0 Å². The van der Waals surface area contributed by atoms with Gasteiger partial charge in [0.05, 0.1) is 24.6 Å². The van der Waals surface area contributed by atoms with Crippen LogP contribution in [-0.2, 0) is 0 Å². The molecule has 1 aromatic heterocycles. The quantitative estimate of drug-likeness (QED) is 0.629. The van der Waals surface area contributed by atoms with E-state index in [0.29, 0.717) is 32.0 Å². The minimum atomic E-state index is -0.0255. The summed E-state index contributed by atoms with van der Waals surface area (Å²) >= 11 is 0. The molecule has 1 N–H and O–H groups in total. The molecule has 2 aromatic carbocycles. The van der Waals surface area contributed by atoms with Crippen LogP contribution in [0.2, 0.25) is 0 Å². The van der Waals surface area contributed by atoms with Crippen LogP contribution in [0, 0.1) is 0 Å². The van der Waals surface area contributed by atoms with E-state index in [1.807, 2.05) is 67.3 Å². The van der Waals surface area contributed by atoms with Crippen molar-refractivity contribution < 1.29 is 14.3 Å². The fourth-order valence-electron chi connectivity index (χ4n) is 3.78. The molecule has 1 aliphatic heterocycles. The van der Waals surface area contributed by atoms with E-state index in [1.54, 1.807) is 0 Å². The number of anilines is 1. The average Bonchev–Trinajstić information content (AvgIpc) is 3.30. The number of carbonyl (C=O) groups excluding carboxylic acids is 1. The smallest absolute Gasteiger partial charge is 0.272 e. The number of H-pyrrole nitrogens is 1. The maximum Gasteiger partial charge on any atom is 0.272 e. The van der Waals surface area contributed by atoms with Crippen molar-refractivity contribution in [1.82, 2.24) is 15.1 Å². The molecule has 1 amide bonds. The zero-order valence-corrected chi connectivity index (χ0v) is 18.0. The third-order valence-corrected chi connectivity index (χ3v) is 5.34. The highest BCUT2D eigenvalue weighted by molar-refractivity contribution is 5.93. The van der Waals surface area contributed by atoms with E-state index < -0.39 is 0 Å². The third kappa shape index (κ3) is 4.66. The molecule has 31 heavy (non-hydrogen) atoms. The number of carbonyl (C=O) groups is 1. The van der Waals surface area contributed by atoms with Gasteiger partial charge in [0.1, 0.15) is 17.2 Å². The van der Waals surface area contributed by atoms with Crippen molar-refractivity contribution in [2.75, 3.05) is 44.3 Å². The first-order valence-electron chi connectivity index (χ1n) is 10.7. The summed E-state index contributed by atoms with van der Waals surface area (Å²) in [5.74, 6) is 1.68. The molecule has 7 heteroatoms. The van der Waals surface area contributed by atoms with Crippen LogP contribution >= 0.6 is 0 Å². The van der Waals surface area contributed by atoms with Crippen molar-refractivity contribution in [2.45, 2.75) is 13.8 Å². The molecule has 3 aromatic rings. The predicted octanol–water partition coefficient (Wildman–Crippen LogP) is 3.84. The normalized spacial score (nSPS) is 13.9. The fraction of sp³-hybridized carbons (Fsp3) is 0.333. The Balaban J connectivity index is 1.39. The first-order chi connectivity index (χ1) is 15.2. The number of amides is 1. The van der Waals surface area contributed by atoms with Crippen LogP contribution in [0.25, 0.3) is 11.3 Å². The van der Waals surface area contributed by atoms with Crippen LogP contribution in [0.5, 0.6) is 11.5 Å². The topological polar surface area (TPSA) is 70.7 Å². The van der Waals surface area contributed by atoms with E-state index in [0.717, 1.165) is 41.5 Å². The van der Waals surface area contributed by atoms with E-state index in [2.05, 4.69) is 21.2 Å². The SMILES string of the molecule is CCOc1ccc(-c2cc(C(=O)N3CCN(c4ccccc4OCC)CC3)[nH]n2)cc1. The summed E-state index contributed by atoms with van der Waals surface area (Å²) in [7, 11) is 0. The summed E-state index contributed by atoms with van der Waals surface area (Å²) < 4.78 is 11.2. The number of hydrogen-bond donors (Lipinski definition) is 1.